The molecule has 3 N–H and O–H groups in total. The molecule has 0 aromatic rings. The van der Waals surface area contributed by atoms with Gasteiger partial charge in [0.15, 0.2) is 0 Å². The van der Waals surface area contributed by atoms with Crippen molar-refractivity contribution in [3.63, 3.8) is 0 Å². The maximum atomic E-state index is 11.6. The molecule has 0 unspecified atom stereocenters. The summed E-state index contributed by atoms with van der Waals surface area (Å²) in [7, 11) is 0. The van der Waals surface area contributed by atoms with E-state index >= 15 is 0 Å². The second-order valence-corrected chi connectivity index (χ2v) is 8.43. The van der Waals surface area contributed by atoms with Crippen molar-refractivity contribution < 1.29 is 9.53 Å². The highest BCUT2D eigenvalue weighted by Crippen LogP contribution is 2.27. The normalized spacial score (nSPS) is 11.6. The summed E-state index contributed by atoms with van der Waals surface area (Å²) in [6.07, 6.45) is 22.1. The topological polar surface area (TPSA) is 64.3 Å². The van der Waals surface area contributed by atoms with E-state index in [0.717, 1.165) is 25.7 Å². The van der Waals surface area contributed by atoms with Gasteiger partial charge in [-0.3, -0.25) is 5.43 Å². The largest absolute Gasteiger partial charge is 0.442 e. The monoisotopic (exact) mass is 384 g/mol. The second kappa shape index (κ2) is 18.6. The van der Waals surface area contributed by atoms with Gasteiger partial charge in [0.2, 0.25) is 0 Å². The minimum Gasteiger partial charge on any atom is -0.442 e. The minimum atomic E-state index is -0.503. The third kappa shape index (κ3) is 17.1. The predicted octanol–water partition coefficient (Wildman–Crippen LogP) is 7.41. The van der Waals surface area contributed by atoms with Gasteiger partial charge in [-0.25, -0.2) is 10.6 Å². The number of hydrazine groups is 1. The van der Waals surface area contributed by atoms with Crippen LogP contribution in [-0.4, -0.2) is 11.7 Å². The third-order valence-corrected chi connectivity index (χ3v) is 5.58. The summed E-state index contributed by atoms with van der Waals surface area (Å²) in [5, 5.41) is 0. The van der Waals surface area contributed by atoms with Crippen LogP contribution in [0.2, 0.25) is 0 Å². The summed E-state index contributed by atoms with van der Waals surface area (Å²) in [6, 6.07) is 0. The number of ether oxygens (including phenoxy) is 1. The van der Waals surface area contributed by atoms with Crippen molar-refractivity contribution >= 4 is 6.09 Å². The van der Waals surface area contributed by atoms with E-state index in [1.165, 1.54) is 89.9 Å². The lowest BCUT2D eigenvalue weighted by molar-refractivity contribution is 0.00837. The lowest BCUT2D eigenvalue weighted by Crippen LogP contribution is -2.39. The Labute approximate surface area is 169 Å². The Balaban J connectivity index is 3.96. The van der Waals surface area contributed by atoms with Crippen LogP contribution in [0.5, 0.6) is 0 Å². The van der Waals surface area contributed by atoms with Crippen molar-refractivity contribution in [3.05, 3.63) is 0 Å². The molecule has 4 heteroatoms. The fourth-order valence-electron chi connectivity index (χ4n) is 3.75. The molecule has 0 aromatic heterocycles. The van der Waals surface area contributed by atoms with Crippen LogP contribution in [0.4, 0.5) is 4.79 Å². The molecule has 1 amide bonds. The number of hydrogen-bond donors (Lipinski definition) is 2. The number of hydrogen-bond acceptors (Lipinski definition) is 3. The molecule has 162 valence electrons. The first-order chi connectivity index (χ1) is 13.1. The molecule has 0 radical (unpaired) electrons. The molecule has 0 saturated heterocycles. The number of carbonyl (C=O) groups is 1. The van der Waals surface area contributed by atoms with Crippen molar-refractivity contribution in [2.75, 3.05) is 0 Å². The summed E-state index contributed by atoms with van der Waals surface area (Å²) in [5.74, 6) is 5.22. The molecule has 0 fully saturated rings. The van der Waals surface area contributed by atoms with Crippen LogP contribution in [0.25, 0.3) is 0 Å². The zero-order chi connectivity index (χ0) is 20.2. The van der Waals surface area contributed by atoms with Gasteiger partial charge in [0.1, 0.15) is 5.60 Å². The molecule has 0 aromatic carbocycles. The number of unbranched alkanes of at least 4 members (excludes halogenated alkanes) is 14. The lowest BCUT2D eigenvalue weighted by atomic mass is 9.91. The van der Waals surface area contributed by atoms with Crippen LogP contribution in [0.15, 0.2) is 0 Å². The van der Waals surface area contributed by atoms with Gasteiger partial charge < -0.3 is 4.74 Å². The van der Waals surface area contributed by atoms with E-state index in [1.807, 2.05) is 0 Å². The molecular weight excluding hydrogens is 336 g/mol. The Kier molecular flexibility index (Phi) is 18.1. The zero-order valence-electron chi connectivity index (χ0n) is 18.6. The molecule has 0 aliphatic heterocycles. The molecule has 0 aliphatic carbocycles. The highest BCUT2D eigenvalue weighted by molar-refractivity contribution is 5.66. The maximum absolute atomic E-state index is 11.6. The number of carbonyl (C=O) groups excluding carboxylic acids is 1. The van der Waals surface area contributed by atoms with Crippen molar-refractivity contribution in [1.29, 1.82) is 0 Å². The lowest BCUT2D eigenvalue weighted by Gasteiger charge is -2.29. The van der Waals surface area contributed by atoms with E-state index in [4.69, 9.17) is 10.6 Å². The molecule has 0 heterocycles. The fraction of sp³-hybridized carbons (Fsp3) is 0.957. The van der Waals surface area contributed by atoms with E-state index in [0.29, 0.717) is 0 Å². The van der Waals surface area contributed by atoms with Crippen LogP contribution < -0.4 is 11.3 Å². The van der Waals surface area contributed by atoms with Gasteiger partial charge in [-0.15, -0.1) is 0 Å². The highest BCUT2D eigenvalue weighted by Gasteiger charge is 2.27. The summed E-state index contributed by atoms with van der Waals surface area (Å²) in [6.45, 7) is 6.58. The van der Waals surface area contributed by atoms with Crippen LogP contribution in [0.3, 0.4) is 0 Å². The van der Waals surface area contributed by atoms with Gasteiger partial charge in [0, 0.05) is 0 Å². The molecule has 0 bridgehead atoms. The number of rotatable bonds is 19. The van der Waals surface area contributed by atoms with E-state index < -0.39 is 6.09 Å². The van der Waals surface area contributed by atoms with Crippen LogP contribution in [-0.2, 0) is 4.74 Å². The molecule has 0 spiro atoms. The van der Waals surface area contributed by atoms with Gasteiger partial charge in [0.25, 0.3) is 0 Å². The molecule has 4 nitrogen and oxygen atoms in total. The Morgan fingerprint density at radius 2 is 1.04 bits per heavy atom. The third-order valence-electron chi connectivity index (χ3n) is 5.58. The van der Waals surface area contributed by atoms with E-state index in [1.54, 1.807) is 0 Å². The number of nitrogens with two attached hydrogens (primary N) is 1. The average Bonchev–Trinajstić information content (AvgIpc) is 2.66. The van der Waals surface area contributed by atoms with Crippen LogP contribution in [0, 0.1) is 0 Å². The fourth-order valence-corrected chi connectivity index (χ4v) is 3.75. The van der Waals surface area contributed by atoms with Gasteiger partial charge >= 0.3 is 6.09 Å². The SMILES string of the molecule is CCCCCCCCCCC(C)(CCCCCCCCCC)OC(=O)NN. The summed E-state index contributed by atoms with van der Waals surface area (Å²) < 4.78 is 5.63. The number of nitrogens with one attached hydrogen (secondary N) is 1. The second-order valence-electron chi connectivity index (χ2n) is 8.43. The zero-order valence-corrected chi connectivity index (χ0v) is 18.6. The average molecular weight is 385 g/mol. The van der Waals surface area contributed by atoms with Crippen molar-refractivity contribution in [3.8, 4) is 0 Å². The Bertz CT molecular complexity index is 314. The van der Waals surface area contributed by atoms with Crippen molar-refractivity contribution in [2.45, 2.75) is 142 Å². The maximum Gasteiger partial charge on any atom is 0.421 e. The minimum absolute atomic E-state index is 0.381. The van der Waals surface area contributed by atoms with Gasteiger partial charge in [0.05, 0.1) is 0 Å². The Morgan fingerprint density at radius 3 is 1.37 bits per heavy atom. The van der Waals surface area contributed by atoms with E-state index in [2.05, 4.69) is 26.2 Å². The first kappa shape index (κ1) is 26.2. The molecule has 0 atom stereocenters. The molecule has 0 aliphatic rings. The van der Waals surface area contributed by atoms with E-state index in [-0.39, 0.29) is 5.60 Å². The highest BCUT2D eigenvalue weighted by atomic mass is 16.6. The van der Waals surface area contributed by atoms with Gasteiger partial charge in [-0.2, -0.15) is 0 Å². The molecule has 0 saturated carbocycles. The molecule has 27 heavy (non-hydrogen) atoms. The first-order valence-corrected chi connectivity index (χ1v) is 11.8. The Hall–Kier alpha value is -0.770. The van der Waals surface area contributed by atoms with Crippen molar-refractivity contribution in [2.24, 2.45) is 5.84 Å². The van der Waals surface area contributed by atoms with Crippen LogP contribution in [0.1, 0.15) is 136 Å². The first-order valence-electron chi connectivity index (χ1n) is 11.8. The summed E-state index contributed by atoms with van der Waals surface area (Å²) in [4.78, 5) is 11.6. The van der Waals surface area contributed by atoms with E-state index in [9.17, 15) is 4.79 Å². The summed E-state index contributed by atoms with van der Waals surface area (Å²) in [5.41, 5.74) is 1.74. The van der Waals surface area contributed by atoms with Crippen molar-refractivity contribution in [1.82, 2.24) is 5.43 Å². The molecule has 0 rings (SSSR count). The molecular formula is C23H48N2O2. The Morgan fingerprint density at radius 1 is 0.704 bits per heavy atom. The summed E-state index contributed by atoms with van der Waals surface area (Å²) >= 11 is 0. The smallest absolute Gasteiger partial charge is 0.421 e. The quantitative estimate of drug-likeness (QED) is 0.105. The standard InChI is InChI=1S/C23H48N2O2/c1-4-6-8-10-12-14-16-18-20-23(3,27-22(26)25-24)21-19-17-15-13-11-9-7-5-2/h4-21,24H2,1-3H3,(H,25,26). The predicted molar refractivity (Wildman–Crippen MR) is 117 cm³/mol. The van der Waals surface area contributed by atoms with Gasteiger partial charge in [-0.05, 0) is 32.6 Å². The number of amides is 1. The van der Waals surface area contributed by atoms with Gasteiger partial charge in [-0.1, -0.05) is 104 Å². The van der Waals surface area contributed by atoms with Crippen LogP contribution >= 0.6 is 0 Å².